The number of rotatable bonds is 0. The smallest absolute Gasteiger partial charge is 0.143 e. The molecule has 0 aromatic heterocycles. The Bertz CT molecular complexity index is 200. The van der Waals surface area contributed by atoms with E-state index in [1.54, 1.807) is 0 Å². The minimum Gasteiger partial charge on any atom is -0.143 e. The molecule has 48 valence electrons. The van der Waals surface area contributed by atoms with Crippen LogP contribution in [0, 0.1) is 13.8 Å². The Kier molecular flexibility index (Phi) is 4.23. The van der Waals surface area contributed by atoms with Crippen molar-refractivity contribution in [3.05, 3.63) is 29.3 Å². The molecule has 2 heteroatoms. The van der Waals surface area contributed by atoms with E-state index in [1.807, 2.05) is 12.1 Å². The van der Waals surface area contributed by atoms with E-state index in [9.17, 15) is 0 Å². The molecule has 0 heterocycles. The van der Waals surface area contributed by atoms with Crippen molar-refractivity contribution in [2.75, 3.05) is 0 Å². The second-order valence-electron chi connectivity index (χ2n) is 2.22. The Morgan fingerprint density at radius 3 is 2.20 bits per heavy atom. The van der Waals surface area contributed by atoms with Gasteiger partial charge in [0.05, 0.1) is 0 Å². The van der Waals surface area contributed by atoms with Gasteiger partial charge >= 0.3 is 19.5 Å². The van der Waals surface area contributed by atoms with E-state index in [-0.39, 0.29) is 19.5 Å². The monoisotopic (exact) mass is 202 g/mol. The zero-order chi connectivity index (χ0) is 6.85. The van der Waals surface area contributed by atoms with Gasteiger partial charge in [-0.2, -0.15) is 0 Å². The van der Waals surface area contributed by atoms with Crippen LogP contribution in [0.3, 0.4) is 0 Å². The van der Waals surface area contributed by atoms with Gasteiger partial charge in [-0.3, -0.25) is 0 Å². The maximum atomic E-state index is 4.27. The summed E-state index contributed by atoms with van der Waals surface area (Å²) in [5.74, 6) is 0. The Balaban J connectivity index is 0.000000810. The summed E-state index contributed by atoms with van der Waals surface area (Å²) in [5.41, 5.74) is 2.59. The Morgan fingerprint density at radius 1 is 1.20 bits per heavy atom. The number of aryl methyl sites for hydroxylation is 1. The molecular weight excluding hydrogens is 194 g/mol. The van der Waals surface area contributed by atoms with Crippen molar-refractivity contribution < 1.29 is 19.5 Å². The third kappa shape index (κ3) is 2.10. The molecule has 0 saturated heterocycles. The van der Waals surface area contributed by atoms with Gasteiger partial charge in [0.1, 0.15) is 0 Å². The average molecular weight is 204 g/mol. The summed E-state index contributed by atoms with van der Waals surface area (Å²) in [7, 11) is 0. The Labute approximate surface area is 80.2 Å². The molecule has 1 aromatic carbocycles. The summed E-state index contributed by atoms with van der Waals surface area (Å²) in [6.07, 6.45) is 0. The Morgan fingerprint density at radius 2 is 1.80 bits per heavy atom. The second kappa shape index (κ2) is 4.15. The minimum absolute atomic E-state index is 0. The summed E-state index contributed by atoms with van der Waals surface area (Å²) in [5, 5.41) is 0. The SMILES string of the molecule is Cc1cccc(S)c1C.[Zn+2]. The molecule has 0 bridgehead atoms. The molecular formula is C8H10SZn+2. The molecule has 0 aliphatic heterocycles. The van der Waals surface area contributed by atoms with Crippen LogP contribution in [0.1, 0.15) is 11.1 Å². The molecule has 0 saturated carbocycles. The maximum absolute atomic E-state index is 4.27. The van der Waals surface area contributed by atoms with Crippen molar-refractivity contribution >= 4 is 12.6 Å². The quantitative estimate of drug-likeness (QED) is 0.486. The minimum atomic E-state index is 0. The summed E-state index contributed by atoms with van der Waals surface area (Å²) in [4.78, 5) is 1.08. The largest absolute Gasteiger partial charge is 2.00 e. The van der Waals surface area contributed by atoms with Crippen LogP contribution >= 0.6 is 12.6 Å². The number of benzene rings is 1. The molecule has 0 radical (unpaired) electrons. The molecule has 10 heavy (non-hydrogen) atoms. The molecule has 0 nitrogen and oxygen atoms in total. The second-order valence-corrected chi connectivity index (χ2v) is 2.70. The van der Waals surface area contributed by atoms with E-state index in [1.165, 1.54) is 11.1 Å². The van der Waals surface area contributed by atoms with E-state index in [4.69, 9.17) is 0 Å². The zero-order valence-corrected chi connectivity index (χ0v) is 10.2. The van der Waals surface area contributed by atoms with E-state index in [2.05, 4.69) is 32.5 Å². The van der Waals surface area contributed by atoms with Gasteiger partial charge in [0.2, 0.25) is 0 Å². The molecule has 0 N–H and O–H groups in total. The van der Waals surface area contributed by atoms with Gasteiger partial charge < -0.3 is 0 Å². The molecule has 0 fully saturated rings. The van der Waals surface area contributed by atoms with Crippen LogP contribution in [-0.2, 0) is 19.5 Å². The fourth-order valence-electron chi connectivity index (χ4n) is 0.736. The number of hydrogen-bond acceptors (Lipinski definition) is 1. The van der Waals surface area contributed by atoms with E-state index in [0.717, 1.165) is 4.90 Å². The predicted octanol–water partition coefficient (Wildman–Crippen LogP) is 2.59. The first kappa shape index (κ1) is 10.2. The van der Waals surface area contributed by atoms with Crippen molar-refractivity contribution in [2.24, 2.45) is 0 Å². The van der Waals surface area contributed by atoms with Crippen LogP contribution in [0.15, 0.2) is 23.1 Å². The first-order valence-electron chi connectivity index (χ1n) is 2.97. The van der Waals surface area contributed by atoms with E-state index < -0.39 is 0 Å². The fourth-order valence-corrected chi connectivity index (χ4v) is 0.998. The molecule has 0 aliphatic rings. The van der Waals surface area contributed by atoms with Gasteiger partial charge in [-0.05, 0) is 31.0 Å². The van der Waals surface area contributed by atoms with Gasteiger partial charge in [0.15, 0.2) is 0 Å². The summed E-state index contributed by atoms with van der Waals surface area (Å²) < 4.78 is 0. The van der Waals surface area contributed by atoms with Crippen molar-refractivity contribution in [1.29, 1.82) is 0 Å². The summed E-state index contributed by atoms with van der Waals surface area (Å²) in [6, 6.07) is 6.12. The van der Waals surface area contributed by atoms with Crippen LogP contribution in [0.2, 0.25) is 0 Å². The van der Waals surface area contributed by atoms with Crippen LogP contribution in [0.5, 0.6) is 0 Å². The van der Waals surface area contributed by atoms with Crippen molar-refractivity contribution in [1.82, 2.24) is 0 Å². The van der Waals surface area contributed by atoms with Crippen LogP contribution in [-0.4, -0.2) is 0 Å². The van der Waals surface area contributed by atoms with Crippen LogP contribution in [0.4, 0.5) is 0 Å². The molecule has 1 aromatic rings. The van der Waals surface area contributed by atoms with Gasteiger partial charge in [-0.25, -0.2) is 0 Å². The van der Waals surface area contributed by atoms with Gasteiger partial charge in [-0.15, -0.1) is 12.6 Å². The van der Waals surface area contributed by atoms with Crippen molar-refractivity contribution in [3.8, 4) is 0 Å². The number of hydrogen-bond donors (Lipinski definition) is 1. The first-order chi connectivity index (χ1) is 4.22. The first-order valence-corrected chi connectivity index (χ1v) is 3.41. The average Bonchev–Trinajstić information content (AvgIpc) is 1.83. The zero-order valence-electron chi connectivity index (χ0n) is 6.39. The molecule has 1 rings (SSSR count). The third-order valence-corrected chi connectivity index (χ3v) is 2.06. The standard InChI is InChI=1S/C8H10S.Zn/c1-6-4-3-5-8(9)7(6)2;/h3-5,9H,1-2H3;/q;+2. The summed E-state index contributed by atoms with van der Waals surface area (Å²) in [6.45, 7) is 4.17. The molecule has 0 aliphatic carbocycles. The van der Waals surface area contributed by atoms with Crippen LogP contribution in [0.25, 0.3) is 0 Å². The molecule has 0 spiro atoms. The molecule has 0 atom stereocenters. The van der Waals surface area contributed by atoms with E-state index in [0.29, 0.717) is 0 Å². The van der Waals surface area contributed by atoms with Crippen molar-refractivity contribution in [3.63, 3.8) is 0 Å². The normalized spacial score (nSPS) is 8.70. The fraction of sp³-hybridized carbons (Fsp3) is 0.250. The predicted molar refractivity (Wildman–Crippen MR) is 43.2 cm³/mol. The molecule has 0 amide bonds. The molecule has 0 unspecified atom stereocenters. The summed E-state index contributed by atoms with van der Waals surface area (Å²) >= 11 is 4.27. The topological polar surface area (TPSA) is 0 Å². The Hall–Kier alpha value is 0.193. The third-order valence-electron chi connectivity index (χ3n) is 1.58. The van der Waals surface area contributed by atoms with Crippen LogP contribution < -0.4 is 0 Å². The van der Waals surface area contributed by atoms with Gasteiger partial charge in [-0.1, -0.05) is 12.1 Å². The number of thiol groups is 1. The maximum Gasteiger partial charge on any atom is 2.00 e. The van der Waals surface area contributed by atoms with E-state index >= 15 is 0 Å². The van der Waals surface area contributed by atoms with Gasteiger partial charge in [0, 0.05) is 4.90 Å². The van der Waals surface area contributed by atoms with Gasteiger partial charge in [0.25, 0.3) is 0 Å². The van der Waals surface area contributed by atoms with Crippen molar-refractivity contribution in [2.45, 2.75) is 18.7 Å².